The summed E-state index contributed by atoms with van der Waals surface area (Å²) in [6, 6.07) is 18.3. The van der Waals surface area contributed by atoms with E-state index in [1.165, 1.54) is 32.1 Å². The largest absolute Gasteiger partial charge is 0.326 e. The van der Waals surface area contributed by atoms with E-state index in [0.717, 1.165) is 46.3 Å². The molecule has 1 saturated carbocycles. The number of hydrogen-bond donors (Lipinski definition) is 1. The van der Waals surface area contributed by atoms with Gasteiger partial charge >= 0.3 is 0 Å². The Labute approximate surface area is 183 Å². The van der Waals surface area contributed by atoms with Crippen molar-refractivity contribution < 1.29 is 4.79 Å². The minimum atomic E-state index is 0.162. The molecule has 1 fully saturated rings. The summed E-state index contributed by atoms with van der Waals surface area (Å²) in [5.41, 5.74) is 4.06. The molecule has 3 nitrogen and oxygen atoms in total. The van der Waals surface area contributed by atoms with Crippen LogP contribution in [-0.2, 0) is 4.79 Å². The third-order valence-corrected chi connectivity index (χ3v) is 7.05. The van der Waals surface area contributed by atoms with Crippen molar-refractivity contribution in [2.45, 2.75) is 51.9 Å². The van der Waals surface area contributed by atoms with Gasteiger partial charge in [0.15, 0.2) is 0 Å². The Bertz CT molecular complexity index is 941. The van der Waals surface area contributed by atoms with Crippen molar-refractivity contribution in [3.8, 4) is 21.8 Å². The van der Waals surface area contributed by atoms with Crippen molar-refractivity contribution in [1.29, 1.82) is 0 Å². The first-order valence-electron chi connectivity index (χ1n) is 11.1. The fourth-order valence-corrected chi connectivity index (χ4v) is 5.13. The van der Waals surface area contributed by atoms with E-state index in [0.29, 0.717) is 0 Å². The van der Waals surface area contributed by atoms with Crippen LogP contribution in [0.4, 0.5) is 5.69 Å². The third kappa shape index (κ3) is 5.17. The van der Waals surface area contributed by atoms with Crippen molar-refractivity contribution in [3.05, 3.63) is 60.0 Å². The highest BCUT2D eigenvalue weighted by Gasteiger charge is 2.26. The molecule has 30 heavy (non-hydrogen) atoms. The van der Waals surface area contributed by atoms with Gasteiger partial charge in [-0.3, -0.25) is 4.79 Å². The quantitative estimate of drug-likeness (QED) is 0.434. The first-order chi connectivity index (χ1) is 14.7. The second kappa shape index (κ2) is 10.0. The van der Waals surface area contributed by atoms with Gasteiger partial charge in [0.1, 0.15) is 5.01 Å². The van der Waals surface area contributed by atoms with E-state index in [-0.39, 0.29) is 11.8 Å². The van der Waals surface area contributed by atoms with E-state index in [1.54, 1.807) is 11.3 Å². The first kappa shape index (κ1) is 20.8. The lowest BCUT2D eigenvalue weighted by molar-refractivity contribution is -0.121. The van der Waals surface area contributed by atoms with Gasteiger partial charge in [0.2, 0.25) is 5.91 Å². The number of hydrogen-bond acceptors (Lipinski definition) is 3. The summed E-state index contributed by atoms with van der Waals surface area (Å²) in [6.45, 7) is 2.25. The zero-order valence-electron chi connectivity index (χ0n) is 17.6. The maximum Gasteiger partial charge on any atom is 0.227 e. The van der Waals surface area contributed by atoms with E-state index < -0.39 is 0 Å². The second-order valence-corrected chi connectivity index (χ2v) is 9.19. The summed E-state index contributed by atoms with van der Waals surface area (Å²) in [5, 5.41) is 6.24. The average molecular weight is 419 g/mol. The Kier molecular flexibility index (Phi) is 6.96. The van der Waals surface area contributed by atoms with Crippen LogP contribution in [0.25, 0.3) is 21.8 Å². The first-order valence-corrected chi connectivity index (χ1v) is 12.0. The van der Waals surface area contributed by atoms with Crippen molar-refractivity contribution in [2.75, 3.05) is 5.32 Å². The van der Waals surface area contributed by atoms with Crippen molar-refractivity contribution in [1.82, 2.24) is 4.98 Å². The van der Waals surface area contributed by atoms with Crippen LogP contribution in [0.15, 0.2) is 60.0 Å². The standard InChI is InChI=1S/C26H30N2OS/c1-2-3-7-19-10-12-21(13-11-19)25(29)27-23-16-14-20(15-17-23)24-18-30-26(28-24)22-8-5-4-6-9-22/h4-6,8-9,14-19,21H,2-3,7,10-13H2,1H3,(H,27,29). The molecule has 0 atom stereocenters. The maximum absolute atomic E-state index is 12.7. The summed E-state index contributed by atoms with van der Waals surface area (Å²) in [6.07, 6.45) is 8.37. The van der Waals surface area contributed by atoms with Crippen LogP contribution in [0, 0.1) is 11.8 Å². The van der Waals surface area contributed by atoms with E-state index >= 15 is 0 Å². The molecule has 1 heterocycles. The molecule has 1 aliphatic rings. The highest BCUT2D eigenvalue weighted by molar-refractivity contribution is 7.13. The molecule has 3 aromatic rings. The Balaban J connectivity index is 1.33. The van der Waals surface area contributed by atoms with Crippen LogP contribution in [0.2, 0.25) is 0 Å². The molecule has 4 rings (SSSR count). The number of benzene rings is 2. The number of carbonyl (C=O) groups excluding carboxylic acids is 1. The third-order valence-electron chi connectivity index (χ3n) is 6.16. The summed E-state index contributed by atoms with van der Waals surface area (Å²) in [5.74, 6) is 1.17. The fourth-order valence-electron chi connectivity index (χ4n) is 4.29. The lowest BCUT2D eigenvalue weighted by Gasteiger charge is -2.27. The highest BCUT2D eigenvalue weighted by atomic mass is 32.1. The number of amides is 1. The number of carbonyl (C=O) groups is 1. The van der Waals surface area contributed by atoms with Gasteiger partial charge in [0.25, 0.3) is 0 Å². The van der Waals surface area contributed by atoms with Gasteiger partial charge in [-0.25, -0.2) is 4.98 Å². The van der Waals surface area contributed by atoms with Crippen molar-refractivity contribution in [2.24, 2.45) is 11.8 Å². The molecular weight excluding hydrogens is 388 g/mol. The van der Waals surface area contributed by atoms with Crippen LogP contribution in [-0.4, -0.2) is 10.9 Å². The normalized spacial score (nSPS) is 18.8. The van der Waals surface area contributed by atoms with Crippen molar-refractivity contribution in [3.63, 3.8) is 0 Å². The Morgan fingerprint density at radius 3 is 2.43 bits per heavy atom. The summed E-state index contributed by atoms with van der Waals surface area (Å²) < 4.78 is 0. The smallest absolute Gasteiger partial charge is 0.227 e. The number of rotatable bonds is 7. The lowest BCUT2D eigenvalue weighted by Crippen LogP contribution is -2.27. The number of nitrogens with zero attached hydrogens (tertiary/aromatic N) is 1. The molecule has 1 aliphatic carbocycles. The molecule has 4 heteroatoms. The molecule has 0 saturated heterocycles. The zero-order chi connectivity index (χ0) is 20.8. The van der Waals surface area contributed by atoms with E-state index in [2.05, 4.69) is 29.8 Å². The monoisotopic (exact) mass is 418 g/mol. The summed E-state index contributed by atoms with van der Waals surface area (Å²) >= 11 is 1.66. The highest BCUT2D eigenvalue weighted by Crippen LogP contribution is 2.33. The number of unbranched alkanes of at least 4 members (excludes halogenated alkanes) is 1. The molecule has 156 valence electrons. The molecule has 1 aromatic heterocycles. The Morgan fingerprint density at radius 2 is 1.73 bits per heavy atom. The molecule has 0 aliphatic heterocycles. The molecule has 0 radical (unpaired) electrons. The molecule has 1 N–H and O–H groups in total. The molecule has 1 amide bonds. The van der Waals surface area contributed by atoms with Gasteiger partial charge in [-0.1, -0.05) is 68.7 Å². The van der Waals surface area contributed by atoms with Gasteiger partial charge in [0, 0.05) is 28.1 Å². The van der Waals surface area contributed by atoms with Gasteiger partial charge < -0.3 is 5.32 Å². The number of anilines is 1. The molecule has 0 bridgehead atoms. The van der Waals surface area contributed by atoms with Gasteiger partial charge in [-0.15, -0.1) is 11.3 Å². The predicted octanol–water partition coefficient (Wildman–Crippen LogP) is 7.41. The van der Waals surface area contributed by atoms with Crippen LogP contribution in [0.5, 0.6) is 0 Å². The van der Waals surface area contributed by atoms with Gasteiger partial charge in [-0.05, 0) is 43.7 Å². The van der Waals surface area contributed by atoms with Crippen LogP contribution < -0.4 is 5.32 Å². The molecular formula is C26H30N2OS. The van der Waals surface area contributed by atoms with Crippen LogP contribution in [0.3, 0.4) is 0 Å². The second-order valence-electron chi connectivity index (χ2n) is 8.33. The average Bonchev–Trinajstić information content (AvgIpc) is 3.29. The molecule has 0 unspecified atom stereocenters. The predicted molar refractivity (Wildman–Crippen MR) is 127 cm³/mol. The minimum absolute atomic E-state index is 0.162. The lowest BCUT2D eigenvalue weighted by atomic mass is 9.79. The SMILES string of the molecule is CCCCC1CCC(C(=O)Nc2ccc(-c3csc(-c4ccccc4)n3)cc2)CC1. The summed E-state index contributed by atoms with van der Waals surface area (Å²) in [4.78, 5) is 17.5. The maximum atomic E-state index is 12.7. The van der Waals surface area contributed by atoms with Crippen LogP contribution in [0.1, 0.15) is 51.9 Å². The van der Waals surface area contributed by atoms with Crippen molar-refractivity contribution >= 4 is 22.9 Å². The number of aromatic nitrogens is 1. The topological polar surface area (TPSA) is 42.0 Å². The number of thiazole rings is 1. The Hall–Kier alpha value is -2.46. The Morgan fingerprint density at radius 1 is 1.00 bits per heavy atom. The molecule has 0 spiro atoms. The van der Waals surface area contributed by atoms with Gasteiger partial charge in [-0.2, -0.15) is 0 Å². The van der Waals surface area contributed by atoms with Gasteiger partial charge in [0.05, 0.1) is 5.69 Å². The van der Waals surface area contributed by atoms with E-state index in [9.17, 15) is 4.79 Å². The summed E-state index contributed by atoms with van der Waals surface area (Å²) in [7, 11) is 0. The molecule has 2 aromatic carbocycles. The van der Waals surface area contributed by atoms with E-state index in [1.807, 2.05) is 42.5 Å². The van der Waals surface area contributed by atoms with Crippen LogP contribution >= 0.6 is 11.3 Å². The fraction of sp³-hybridized carbons (Fsp3) is 0.385. The minimum Gasteiger partial charge on any atom is -0.326 e. The number of nitrogens with one attached hydrogen (secondary N) is 1. The zero-order valence-corrected chi connectivity index (χ0v) is 18.5. The van der Waals surface area contributed by atoms with E-state index in [4.69, 9.17) is 4.98 Å².